The first-order valence-corrected chi connectivity index (χ1v) is 31.6. The number of ether oxygens (including phenoxy) is 4. The van der Waals surface area contributed by atoms with E-state index < -0.39 is 86.8 Å². The first kappa shape index (κ1) is 75.0. The summed E-state index contributed by atoms with van der Waals surface area (Å²) in [5.41, 5.74) is 0. The summed E-state index contributed by atoms with van der Waals surface area (Å²) in [5, 5.41) is 87.1. The second-order valence-electron chi connectivity index (χ2n) is 21.4. The monoisotopic (exact) mass is 1160 g/mol. The fourth-order valence-electron chi connectivity index (χ4n) is 9.20. The quantitative estimate of drug-likeness (QED) is 0.0204. The summed E-state index contributed by atoms with van der Waals surface area (Å²) in [7, 11) is 0. The van der Waals surface area contributed by atoms with Crippen molar-refractivity contribution in [1.29, 1.82) is 0 Å². The highest BCUT2D eigenvalue weighted by atomic mass is 16.7. The third-order valence-corrected chi connectivity index (χ3v) is 14.2. The molecule has 0 aromatic heterocycles. The van der Waals surface area contributed by atoms with E-state index in [0.29, 0.717) is 12.8 Å². The molecule has 0 spiro atoms. The Morgan fingerprint density at radius 2 is 0.843 bits per heavy atom. The van der Waals surface area contributed by atoms with E-state index in [1.165, 1.54) is 38.5 Å². The molecular weight excluding hydrogens is 1050 g/mol. The summed E-state index contributed by atoms with van der Waals surface area (Å²) in [6.45, 7) is 2.61. The minimum atomic E-state index is -1.80. The molecule has 2 aliphatic heterocycles. The molecule has 2 fully saturated rings. The zero-order valence-electron chi connectivity index (χ0n) is 50.6. The van der Waals surface area contributed by atoms with Crippen molar-refractivity contribution in [2.75, 3.05) is 19.8 Å². The van der Waals surface area contributed by atoms with Crippen molar-refractivity contribution in [1.82, 2.24) is 5.32 Å². The molecule has 2 aliphatic rings. The van der Waals surface area contributed by atoms with Gasteiger partial charge in [0.1, 0.15) is 48.8 Å². The van der Waals surface area contributed by atoms with Crippen LogP contribution in [0.1, 0.15) is 187 Å². The lowest BCUT2D eigenvalue weighted by Crippen LogP contribution is -2.65. The maximum absolute atomic E-state index is 13.3. The lowest BCUT2D eigenvalue weighted by atomic mass is 9.97. The van der Waals surface area contributed by atoms with Gasteiger partial charge in [-0.25, -0.2) is 0 Å². The number of aliphatic hydroxyl groups excluding tert-OH is 8. The second kappa shape index (κ2) is 52.2. The Kier molecular flexibility index (Phi) is 47.2. The minimum absolute atomic E-state index is 0.237. The largest absolute Gasteiger partial charge is 0.394 e. The summed E-state index contributed by atoms with van der Waals surface area (Å²) in [4.78, 5) is 13.3. The molecule has 2 heterocycles. The van der Waals surface area contributed by atoms with E-state index in [2.05, 4.69) is 153 Å². The van der Waals surface area contributed by atoms with Gasteiger partial charge in [0.2, 0.25) is 5.91 Å². The summed E-state index contributed by atoms with van der Waals surface area (Å²) in [6, 6.07) is -0.960. The van der Waals surface area contributed by atoms with Gasteiger partial charge in [-0.05, 0) is 116 Å². The SMILES string of the molecule is CC/C=C\C/C=C\C/C=C\C/C=C\C/C=C\C/C=C\C/C=C\C/C=C\C/C=C\CCCCCCCC(=O)NC(COC1OC(CO)C(OC2OC(CO)C(O)C(O)C2O)C(O)C1O)C(O)/C=C/CC/C=C/CC/C=C/CCCCCCCC. The third-order valence-electron chi connectivity index (χ3n) is 14.2. The Morgan fingerprint density at radius 3 is 1.33 bits per heavy atom. The molecule has 0 aromatic carbocycles. The van der Waals surface area contributed by atoms with Gasteiger partial charge in [-0.1, -0.05) is 211 Å². The summed E-state index contributed by atoms with van der Waals surface area (Å²) in [5.74, 6) is -0.280. The van der Waals surface area contributed by atoms with Gasteiger partial charge < -0.3 is 65.1 Å². The van der Waals surface area contributed by atoms with Crippen molar-refractivity contribution in [3.05, 3.63) is 146 Å². The maximum Gasteiger partial charge on any atom is 0.220 e. The molecule has 2 saturated heterocycles. The molecule has 470 valence electrons. The number of carbonyl (C=O) groups is 1. The number of hydrogen-bond acceptors (Lipinski definition) is 13. The van der Waals surface area contributed by atoms with Crippen molar-refractivity contribution in [2.24, 2.45) is 0 Å². The Labute approximate surface area is 500 Å². The molecule has 14 nitrogen and oxygen atoms in total. The second-order valence-corrected chi connectivity index (χ2v) is 21.4. The summed E-state index contributed by atoms with van der Waals surface area (Å²) < 4.78 is 22.7. The van der Waals surface area contributed by atoms with Crippen LogP contribution in [0.15, 0.2) is 146 Å². The van der Waals surface area contributed by atoms with Crippen molar-refractivity contribution < 1.29 is 64.6 Å². The van der Waals surface area contributed by atoms with Crippen molar-refractivity contribution in [2.45, 2.75) is 261 Å². The standard InChI is InChI=1S/C69H111NO13/c1-3-5-7-9-11-13-15-17-19-21-22-23-24-25-26-27-28-29-30-31-32-33-34-35-36-37-39-41-43-45-47-49-51-53-61(74)70-57(58(73)52-50-48-46-44-42-40-38-20-18-16-14-12-10-8-6-4-2)56-80-68-66(79)64(77)67(60(55-72)82-68)83-69-65(78)63(76)62(75)59(54-71)81-69/h5,7,11,13,17-20,22-23,25-26,28-29,31-32,34-35,37,39,42,44,50,52,57-60,62-69,71-73,75-79H,3-4,6,8-10,12,14-16,21,24,27,30,33,36,38,40-41,43,45-49,51,53-56H2,1-2H3,(H,70,74)/b7-5-,13-11-,19-17-,20-18+,23-22-,26-25-,29-28-,32-31-,35-34-,39-37-,44-42+,52-50+. The molecule has 0 aromatic rings. The van der Waals surface area contributed by atoms with Gasteiger partial charge in [-0.2, -0.15) is 0 Å². The molecule has 9 N–H and O–H groups in total. The number of rotatable bonds is 48. The Bertz CT molecular complexity index is 1950. The van der Waals surface area contributed by atoms with Crippen molar-refractivity contribution >= 4 is 5.91 Å². The Hall–Kier alpha value is -4.13. The maximum atomic E-state index is 13.3. The van der Waals surface area contributed by atoms with Gasteiger partial charge in [0.05, 0.1) is 32.0 Å². The molecule has 0 aliphatic carbocycles. The van der Waals surface area contributed by atoms with E-state index in [4.69, 9.17) is 18.9 Å². The van der Waals surface area contributed by atoms with E-state index in [-0.39, 0.29) is 18.9 Å². The van der Waals surface area contributed by atoms with Gasteiger partial charge in [-0.3, -0.25) is 4.79 Å². The van der Waals surface area contributed by atoms with Crippen LogP contribution in [0.3, 0.4) is 0 Å². The van der Waals surface area contributed by atoms with Gasteiger partial charge in [0.25, 0.3) is 0 Å². The summed E-state index contributed by atoms with van der Waals surface area (Å²) >= 11 is 0. The minimum Gasteiger partial charge on any atom is -0.394 e. The van der Waals surface area contributed by atoms with Gasteiger partial charge in [0.15, 0.2) is 12.6 Å². The van der Waals surface area contributed by atoms with E-state index in [9.17, 15) is 45.6 Å². The van der Waals surface area contributed by atoms with Crippen LogP contribution in [0.25, 0.3) is 0 Å². The predicted octanol–water partition coefficient (Wildman–Crippen LogP) is 11.7. The topological polar surface area (TPSA) is 228 Å². The normalized spacial score (nSPS) is 24.8. The highest BCUT2D eigenvalue weighted by molar-refractivity contribution is 5.76. The summed E-state index contributed by atoms with van der Waals surface area (Å²) in [6.07, 6.45) is 61.7. The van der Waals surface area contributed by atoms with Gasteiger partial charge >= 0.3 is 0 Å². The highest BCUT2D eigenvalue weighted by Crippen LogP contribution is 2.30. The van der Waals surface area contributed by atoms with Crippen LogP contribution in [-0.4, -0.2) is 140 Å². The molecule has 2 rings (SSSR count). The molecule has 0 bridgehead atoms. The molecular formula is C69H111NO13. The number of unbranched alkanes of at least 4 members (excludes halogenated alkanes) is 13. The Balaban J connectivity index is 1.74. The van der Waals surface area contributed by atoms with E-state index in [0.717, 1.165) is 116 Å². The van der Waals surface area contributed by atoms with Crippen LogP contribution < -0.4 is 5.32 Å². The zero-order valence-corrected chi connectivity index (χ0v) is 50.6. The van der Waals surface area contributed by atoms with E-state index >= 15 is 0 Å². The van der Waals surface area contributed by atoms with Crippen molar-refractivity contribution in [3.8, 4) is 0 Å². The predicted molar refractivity (Wildman–Crippen MR) is 336 cm³/mol. The fourth-order valence-corrected chi connectivity index (χ4v) is 9.20. The van der Waals surface area contributed by atoms with Crippen molar-refractivity contribution in [3.63, 3.8) is 0 Å². The number of amides is 1. The molecule has 14 heteroatoms. The number of hydrogen-bond donors (Lipinski definition) is 9. The van der Waals surface area contributed by atoms with Crippen LogP contribution >= 0.6 is 0 Å². The number of aliphatic hydroxyl groups is 8. The number of allylic oxidation sites excluding steroid dienone is 23. The Morgan fingerprint density at radius 1 is 0.446 bits per heavy atom. The smallest absolute Gasteiger partial charge is 0.220 e. The van der Waals surface area contributed by atoms with Gasteiger partial charge in [0, 0.05) is 6.42 Å². The molecule has 12 unspecified atom stereocenters. The molecule has 0 saturated carbocycles. The van der Waals surface area contributed by atoms with Crippen LogP contribution in [0.2, 0.25) is 0 Å². The first-order chi connectivity index (χ1) is 40.6. The number of nitrogens with one attached hydrogen (secondary N) is 1. The van der Waals surface area contributed by atoms with Crippen LogP contribution in [0.4, 0.5) is 0 Å². The first-order valence-electron chi connectivity index (χ1n) is 31.6. The van der Waals surface area contributed by atoms with Crippen LogP contribution in [0.5, 0.6) is 0 Å². The van der Waals surface area contributed by atoms with E-state index in [1.807, 2.05) is 6.08 Å². The molecule has 1 amide bonds. The van der Waals surface area contributed by atoms with E-state index in [1.54, 1.807) is 6.08 Å². The van der Waals surface area contributed by atoms with Crippen LogP contribution in [-0.2, 0) is 23.7 Å². The number of carbonyl (C=O) groups excluding carboxylic acids is 1. The van der Waals surface area contributed by atoms with Gasteiger partial charge in [-0.15, -0.1) is 0 Å². The molecule has 0 radical (unpaired) electrons. The average Bonchev–Trinajstić information content (AvgIpc) is 3.63. The lowest BCUT2D eigenvalue weighted by Gasteiger charge is -2.46. The average molecular weight is 1160 g/mol. The van der Waals surface area contributed by atoms with Crippen LogP contribution in [0, 0.1) is 0 Å². The third kappa shape index (κ3) is 37.1. The fraction of sp³-hybridized carbons (Fsp3) is 0.638. The zero-order chi connectivity index (χ0) is 60.2. The molecule has 83 heavy (non-hydrogen) atoms. The molecule has 12 atom stereocenters. The highest BCUT2D eigenvalue weighted by Gasteiger charge is 2.51. The lowest BCUT2D eigenvalue weighted by molar-refractivity contribution is -0.359.